The molecule has 1 amide bonds. The second-order valence-corrected chi connectivity index (χ2v) is 9.02. The van der Waals surface area contributed by atoms with Crippen molar-refractivity contribution < 1.29 is 9.90 Å². The Kier molecular flexibility index (Phi) is 6.40. The van der Waals surface area contributed by atoms with Crippen LogP contribution in [0.25, 0.3) is 10.9 Å². The molecule has 2 aromatic heterocycles. The van der Waals surface area contributed by atoms with Gasteiger partial charge in [0.05, 0.1) is 6.04 Å². The maximum atomic E-state index is 12.8. The average molecular weight is 406 g/mol. The fraction of sp³-hybridized carbons (Fsp3) is 0.400. The van der Waals surface area contributed by atoms with Gasteiger partial charge in [0, 0.05) is 36.0 Å². The van der Waals surface area contributed by atoms with Crippen LogP contribution < -0.4 is 5.32 Å². The number of aromatic nitrogens is 2. The Balaban J connectivity index is 2.18. The van der Waals surface area contributed by atoms with Crippen molar-refractivity contribution >= 4 is 16.8 Å². The first kappa shape index (κ1) is 21.8. The van der Waals surface area contributed by atoms with E-state index in [1.807, 2.05) is 30.3 Å². The topological polar surface area (TPSA) is 75.1 Å². The van der Waals surface area contributed by atoms with Crippen LogP contribution in [0.2, 0.25) is 0 Å². The molecule has 0 saturated carbocycles. The maximum Gasteiger partial charge on any atom is 0.221 e. The molecule has 2 heterocycles. The third-order valence-electron chi connectivity index (χ3n) is 5.57. The Morgan fingerprint density at radius 3 is 2.57 bits per heavy atom. The largest absolute Gasteiger partial charge is 0.505 e. The lowest BCUT2D eigenvalue weighted by molar-refractivity contribution is -0.122. The molecular formula is C25H31N3O2. The van der Waals surface area contributed by atoms with Crippen LogP contribution in [0.5, 0.6) is 5.75 Å². The summed E-state index contributed by atoms with van der Waals surface area (Å²) in [6, 6.07) is 9.10. The highest BCUT2D eigenvalue weighted by atomic mass is 16.3. The van der Waals surface area contributed by atoms with E-state index in [-0.39, 0.29) is 23.0 Å². The predicted octanol–water partition coefficient (Wildman–Crippen LogP) is 5.27. The molecule has 1 aromatic carbocycles. The molecule has 0 spiro atoms. The van der Waals surface area contributed by atoms with Gasteiger partial charge in [-0.2, -0.15) is 0 Å². The maximum absolute atomic E-state index is 12.8. The van der Waals surface area contributed by atoms with Gasteiger partial charge in [-0.05, 0) is 40.7 Å². The first-order chi connectivity index (χ1) is 14.2. The summed E-state index contributed by atoms with van der Waals surface area (Å²) >= 11 is 0. The molecule has 2 unspecified atom stereocenters. The second-order valence-electron chi connectivity index (χ2n) is 9.02. The van der Waals surface area contributed by atoms with Gasteiger partial charge in [-0.3, -0.25) is 14.8 Å². The van der Waals surface area contributed by atoms with Crippen LogP contribution in [-0.4, -0.2) is 21.0 Å². The predicted molar refractivity (Wildman–Crippen MR) is 120 cm³/mol. The summed E-state index contributed by atoms with van der Waals surface area (Å²) in [7, 11) is 0. The Morgan fingerprint density at radius 2 is 1.93 bits per heavy atom. The summed E-state index contributed by atoms with van der Waals surface area (Å²) in [6.07, 6.45) is 6.48. The lowest BCUT2D eigenvalue weighted by Crippen LogP contribution is -2.31. The summed E-state index contributed by atoms with van der Waals surface area (Å²) in [5.41, 5.74) is 2.91. The highest BCUT2D eigenvalue weighted by Gasteiger charge is 2.27. The van der Waals surface area contributed by atoms with E-state index in [0.29, 0.717) is 17.5 Å². The zero-order valence-corrected chi connectivity index (χ0v) is 18.4. The van der Waals surface area contributed by atoms with Gasteiger partial charge in [-0.15, -0.1) is 0 Å². The smallest absolute Gasteiger partial charge is 0.221 e. The summed E-state index contributed by atoms with van der Waals surface area (Å²) < 4.78 is 0. The number of hydrogen-bond donors (Lipinski definition) is 2. The van der Waals surface area contributed by atoms with Crippen LogP contribution in [0.3, 0.4) is 0 Å². The summed E-state index contributed by atoms with van der Waals surface area (Å²) in [6.45, 7) is 10.5. The van der Waals surface area contributed by atoms with Crippen molar-refractivity contribution in [3.05, 3.63) is 65.6 Å². The number of nitrogens with zero attached hydrogens (tertiary/aromatic N) is 2. The second kappa shape index (κ2) is 8.82. The van der Waals surface area contributed by atoms with Crippen LogP contribution >= 0.6 is 0 Å². The molecule has 5 nitrogen and oxygen atoms in total. The van der Waals surface area contributed by atoms with Crippen molar-refractivity contribution in [2.45, 2.75) is 58.9 Å². The molecule has 0 saturated heterocycles. The van der Waals surface area contributed by atoms with Crippen LogP contribution in [0.15, 0.2) is 48.9 Å². The number of benzene rings is 1. The molecule has 0 aliphatic rings. The summed E-state index contributed by atoms with van der Waals surface area (Å²) in [5.74, 6) is 0.337. The Labute approximate surface area is 178 Å². The van der Waals surface area contributed by atoms with Crippen LogP contribution in [0.1, 0.15) is 70.2 Å². The number of phenolic OH excluding ortho intramolecular Hbond substituents is 1. The van der Waals surface area contributed by atoms with E-state index in [2.05, 4.69) is 49.9 Å². The van der Waals surface area contributed by atoms with Crippen molar-refractivity contribution in [1.82, 2.24) is 15.3 Å². The fourth-order valence-electron chi connectivity index (χ4n) is 3.66. The number of carbonyl (C=O) groups excluding carboxylic acids is 1. The molecule has 2 atom stereocenters. The van der Waals surface area contributed by atoms with Gasteiger partial charge >= 0.3 is 0 Å². The average Bonchev–Trinajstić information content (AvgIpc) is 2.72. The zero-order chi connectivity index (χ0) is 21.9. The molecule has 2 N–H and O–H groups in total. The molecule has 3 aromatic rings. The Morgan fingerprint density at radius 1 is 1.20 bits per heavy atom. The first-order valence-electron chi connectivity index (χ1n) is 10.5. The molecule has 30 heavy (non-hydrogen) atoms. The normalized spacial score (nSPS) is 13.8. The van der Waals surface area contributed by atoms with Crippen molar-refractivity contribution in [2.75, 3.05) is 0 Å². The minimum absolute atomic E-state index is 0.0453. The van der Waals surface area contributed by atoms with Crippen molar-refractivity contribution in [2.24, 2.45) is 5.92 Å². The number of aromatic hydroxyl groups is 1. The molecule has 0 radical (unpaired) electrons. The van der Waals surface area contributed by atoms with Gasteiger partial charge in [-0.1, -0.05) is 53.2 Å². The number of phenols is 1. The van der Waals surface area contributed by atoms with Crippen LogP contribution in [-0.2, 0) is 10.2 Å². The van der Waals surface area contributed by atoms with Crippen molar-refractivity contribution in [3.8, 4) is 5.75 Å². The van der Waals surface area contributed by atoms with Gasteiger partial charge in [0.15, 0.2) is 0 Å². The van der Waals surface area contributed by atoms with E-state index in [4.69, 9.17) is 0 Å². The van der Waals surface area contributed by atoms with E-state index < -0.39 is 6.04 Å². The highest BCUT2D eigenvalue weighted by molar-refractivity contribution is 5.90. The molecule has 5 heteroatoms. The molecule has 158 valence electrons. The lowest BCUT2D eigenvalue weighted by atomic mass is 9.81. The zero-order valence-electron chi connectivity index (χ0n) is 18.4. The molecular weight excluding hydrogens is 374 g/mol. The number of hydrogen-bond acceptors (Lipinski definition) is 4. The van der Waals surface area contributed by atoms with E-state index in [9.17, 15) is 9.90 Å². The molecule has 0 aliphatic carbocycles. The van der Waals surface area contributed by atoms with E-state index in [1.165, 1.54) is 0 Å². The number of fused-ring (bicyclic) bond motifs is 1. The quantitative estimate of drug-likeness (QED) is 0.585. The number of pyridine rings is 2. The number of carbonyl (C=O) groups is 1. The number of amides is 1. The van der Waals surface area contributed by atoms with Gasteiger partial charge in [0.1, 0.15) is 11.3 Å². The Bertz CT molecular complexity index is 1030. The van der Waals surface area contributed by atoms with Gasteiger partial charge in [0.25, 0.3) is 0 Å². The summed E-state index contributed by atoms with van der Waals surface area (Å²) in [4.78, 5) is 21.5. The first-order valence-corrected chi connectivity index (χ1v) is 10.5. The van der Waals surface area contributed by atoms with Crippen molar-refractivity contribution in [1.29, 1.82) is 0 Å². The van der Waals surface area contributed by atoms with E-state index >= 15 is 0 Å². The van der Waals surface area contributed by atoms with E-state index in [0.717, 1.165) is 22.9 Å². The SMILES string of the molecule is CCC(C)CC(=O)NC(c1cccnc1)c1cc(C(C)(C)C)c2cccnc2c1O. The number of nitrogens with one attached hydrogen (secondary N) is 1. The fourth-order valence-corrected chi connectivity index (χ4v) is 3.66. The molecule has 0 fully saturated rings. The van der Waals surface area contributed by atoms with Gasteiger partial charge in [0.2, 0.25) is 5.91 Å². The molecule has 0 bridgehead atoms. The highest BCUT2D eigenvalue weighted by Crippen LogP contribution is 2.40. The Hall–Kier alpha value is -2.95. The molecule has 3 rings (SSSR count). The minimum atomic E-state index is -0.511. The minimum Gasteiger partial charge on any atom is -0.505 e. The third-order valence-corrected chi connectivity index (χ3v) is 5.57. The van der Waals surface area contributed by atoms with Gasteiger partial charge in [-0.25, -0.2) is 0 Å². The number of rotatable bonds is 6. The van der Waals surface area contributed by atoms with Crippen LogP contribution in [0, 0.1) is 5.92 Å². The monoisotopic (exact) mass is 405 g/mol. The van der Waals surface area contributed by atoms with Crippen LogP contribution in [0.4, 0.5) is 0 Å². The lowest BCUT2D eigenvalue weighted by Gasteiger charge is -2.27. The van der Waals surface area contributed by atoms with E-state index in [1.54, 1.807) is 18.6 Å². The molecule has 0 aliphatic heterocycles. The summed E-state index contributed by atoms with van der Waals surface area (Å²) in [5, 5.41) is 15.2. The van der Waals surface area contributed by atoms with Crippen molar-refractivity contribution in [3.63, 3.8) is 0 Å². The third kappa shape index (κ3) is 4.61. The van der Waals surface area contributed by atoms with Gasteiger partial charge < -0.3 is 10.4 Å². The standard InChI is InChI=1S/C25H31N3O2/c1-6-16(2)13-21(29)28-22(17-9-7-11-26-15-17)19-14-20(25(3,4)5)18-10-8-12-27-23(18)24(19)30/h7-12,14-16,22,30H,6,13H2,1-5H3,(H,28,29).